The van der Waals surface area contributed by atoms with Crippen LogP contribution in [0.15, 0.2) is 0 Å². The number of nitrogens with one attached hydrogen (secondary N) is 2. The molecule has 0 aromatic heterocycles. The van der Waals surface area contributed by atoms with E-state index in [-0.39, 0.29) is 11.4 Å². The van der Waals surface area contributed by atoms with Crippen LogP contribution in [0.3, 0.4) is 0 Å². The summed E-state index contributed by atoms with van der Waals surface area (Å²) in [6.07, 6.45) is 5.68. The normalized spacial score (nSPS) is 42.4. The van der Waals surface area contributed by atoms with Crippen LogP contribution in [0.5, 0.6) is 0 Å². The lowest BCUT2D eigenvalue weighted by Crippen LogP contribution is -2.54. The molecule has 1 heterocycles. The molecule has 1 amide bonds. The van der Waals surface area contributed by atoms with E-state index in [1.807, 2.05) is 6.92 Å². The van der Waals surface area contributed by atoms with Crippen molar-refractivity contribution in [3.8, 4) is 0 Å². The molecule has 2 aliphatic rings. The Hall–Kier alpha value is -0.570. The van der Waals surface area contributed by atoms with Crippen LogP contribution in [0, 0.1) is 11.8 Å². The summed E-state index contributed by atoms with van der Waals surface area (Å²) >= 11 is 0. The third kappa shape index (κ3) is 3.01. The van der Waals surface area contributed by atoms with Gasteiger partial charge in [0.15, 0.2) is 0 Å². The van der Waals surface area contributed by atoms with Gasteiger partial charge in [0.25, 0.3) is 0 Å². The van der Waals surface area contributed by atoms with Crippen molar-refractivity contribution in [2.45, 2.75) is 64.5 Å². The zero-order valence-corrected chi connectivity index (χ0v) is 11.4. The third-order valence-corrected chi connectivity index (χ3v) is 4.38. The van der Waals surface area contributed by atoms with Crippen molar-refractivity contribution in [3.63, 3.8) is 0 Å². The van der Waals surface area contributed by atoms with Crippen LogP contribution in [0.4, 0.5) is 0 Å². The van der Waals surface area contributed by atoms with Crippen LogP contribution in [0.1, 0.15) is 52.9 Å². The summed E-state index contributed by atoms with van der Waals surface area (Å²) in [6.45, 7) is 7.60. The van der Waals surface area contributed by atoms with E-state index in [0.29, 0.717) is 6.04 Å². The van der Waals surface area contributed by atoms with Gasteiger partial charge in [-0.3, -0.25) is 4.79 Å². The van der Waals surface area contributed by atoms with Crippen molar-refractivity contribution < 1.29 is 4.79 Å². The second-order valence-electron chi connectivity index (χ2n) is 6.45. The van der Waals surface area contributed by atoms with Gasteiger partial charge in [-0.1, -0.05) is 13.8 Å². The van der Waals surface area contributed by atoms with E-state index in [0.717, 1.165) is 44.1 Å². The van der Waals surface area contributed by atoms with E-state index in [1.54, 1.807) is 0 Å². The van der Waals surface area contributed by atoms with E-state index < -0.39 is 0 Å². The standard InChI is InChI=1S/C14H26N2O/c1-10-7-11(2)9-12(8-10)16-13(17)14(3)5-4-6-15-14/h10-12,15H,4-9H2,1-3H3,(H,16,17). The van der Waals surface area contributed by atoms with Crippen LogP contribution in [0.2, 0.25) is 0 Å². The molecule has 0 spiro atoms. The smallest absolute Gasteiger partial charge is 0.240 e. The molecule has 3 nitrogen and oxygen atoms in total. The predicted octanol–water partition coefficient (Wildman–Crippen LogP) is 2.07. The molecule has 2 rings (SSSR count). The number of amides is 1. The summed E-state index contributed by atoms with van der Waals surface area (Å²) in [4.78, 5) is 12.3. The van der Waals surface area contributed by atoms with Crippen molar-refractivity contribution in [2.75, 3.05) is 6.54 Å². The molecular formula is C14H26N2O. The summed E-state index contributed by atoms with van der Waals surface area (Å²) in [5.41, 5.74) is -0.316. The Morgan fingerprint density at radius 3 is 2.41 bits per heavy atom. The van der Waals surface area contributed by atoms with Crippen molar-refractivity contribution in [2.24, 2.45) is 11.8 Å². The summed E-state index contributed by atoms with van der Waals surface area (Å²) in [7, 11) is 0. The molecule has 3 heteroatoms. The Balaban J connectivity index is 1.89. The highest BCUT2D eigenvalue weighted by atomic mass is 16.2. The highest BCUT2D eigenvalue weighted by Crippen LogP contribution is 2.29. The molecule has 0 aromatic rings. The van der Waals surface area contributed by atoms with Crippen molar-refractivity contribution >= 4 is 5.91 Å². The van der Waals surface area contributed by atoms with E-state index in [4.69, 9.17) is 0 Å². The van der Waals surface area contributed by atoms with E-state index in [2.05, 4.69) is 24.5 Å². The number of hydrogen-bond donors (Lipinski definition) is 2. The molecule has 0 radical (unpaired) electrons. The molecule has 2 fully saturated rings. The van der Waals surface area contributed by atoms with Crippen LogP contribution in [-0.2, 0) is 4.79 Å². The second kappa shape index (κ2) is 4.97. The highest BCUT2D eigenvalue weighted by molar-refractivity contribution is 5.86. The van der Waals surface area contributed by atoms with E-state index in [9.17, 15) is 4.79 Å². The predicted molar refractivity (Wildman–Crippen MR) is 69.8 cm³/mol. The first-order valence-corrected chi connectivity index (χ1v) is 7.05. The van der Waals surface area contributed by atoms with Crippen LogP contribution in [0.25, 0.3) is 0 Å². The summed E-state index contributed by atoms with van der Waals surface area (Å²) in [5, 5.41) is 6.59. The first-order chi connectivity index (χ1) is 7.99. The van der Waals surface area contributed by atoms with Gasteiger partial charge in [0.2, 0.25) is 5.91 Å². The van der Waals surface area contributed by atoms with E-state index >= 15 is 0 Å². The molecule has 17 heavy (non-hydrogen) atoms. The van der Waals surface area contributed by atoms with Gasteiger partial charge in [0.05, 0.1) is 5.54 Å². The fraction of sp³-hybridized carbons (Fsp3) is 0.929. The molecular weight excluding hydrogens is 212 g/mol. The molecule has 3 atom stereocenters. The fourth-order valence-electron chi connectivity index (χ4n) is 3.50. The van der Waals surface area contributed by atoms with Gasteiger partial charge >= 0.3 is 0 Å². The number of carbonyl (C=O) groups excluding carboxylic acids is 1. The van der Waals surface area contributed by atoms with Gasteiger partial charge in [0.1, 0.15) is 0 Å². The number of rotatable bonds is 2. The molecule has 98 valence electrons. The molecule has 0 bridgehead atoms. The zero-order chi connectivity index (χ0) is 12.5. The van der Waals surface area contributed by atoms with Crippen LogP contribution >= 0.6 is 0 Å². The molecule has 1 saturated carbocycles. The summed E-state index contributed by atoms with van der Waals surface area (Å²) in [5.74, 6) is 1.70. The maximum atomic E-state index is 12.3. The van der Waals surface area contributed by atoms with Gasteiger partial charge in [-0.25, -0.2) is 0 Å². The lowest BCUT2D eigenvalue weighted by molar-refractivity contribution is -0.127. The maximum Gasteiger partial charge on any atom is 0.240 e. The van der Waals surface area contributed by atoms with Crippen molar-refractivity contribution in [3.05, 3.63) is 0 Å². The van der Waals surface area contributed by atoms with Gasteiger partial charge in [-0.2, -0.15) is 0 Å². The SMILES string of the molecule is CC1CC(C)CC(NC(=O)C2(C)CCCN2)C1. The largest absolute Gasteiger partial charge is 0.352 e. The van der Waals surface area contributed by atoms with Crippen LogP contribution in [-0.4, -0.2) is 24.0 Å². The Bertz CT molecular complexity index is 274. The fourth-order valence-corrected chi connectivity index (χ4v) is 3.50. The average Bonchev–Trinajstić information content (AvgIpc) is 2.64. The minimum Gasteiger partial charge on any atom is -0.352 e. The Morgan fingerprint density at radius 1 is 1.24 bits per heavy atom. The Kier molecular flexibility index (Phi) is 3.76. The minimum atomic E-state index is -0.316. The third-order valence-electron chi connectivity index (χ3n) is 4.38. The second-order valence-corrected chi connectivity index (χ2v) is 6.45. The molecule has 1 saturated heterocycles. The number of hydrogen-bond acceptors (Lipinski definition) is 2. The topological polar surface area (TPSA) is 41.1 Å². The molecule has 3 unspecified atom stereocenters. The first kappa shape index (κ1) is 12.9. The monoisotopic (exact) mass is 238 g/mol. The Labute approximate surface area is 105 Å². The Morgan fingerprint density at radius 2 is 1.88 bits per heavy atom. The first-order valence-electron chi connectivity index (χ1n) is 7.05. The van der Waals surface area contributed by atoms with Gasteiger partial charge in [0, 0.05) is 6.04 Å². The summed E-state index contributed by atoms with van der Waals surface area (Å²) < 4.78 is 0. The molecule has 2 N–H and O–H groups in total. The van der Waals surface area contributed by atoms with Crippen LogP contribution < -0.4 is 10.6 Å². The quantitative estimate of drug-likeness (QED) is 0.773. The lowest BCUT2D eigenvalue weighted by Gasteiger charge is -2.34. The van der Waals surface area contributed by atoms with Gasteiger partial charge in [-0.15, -0.1) is 0 Å². The molecule has 1 aliphatic heterocycles. The highest BCUT2D eigenvalue weighted by Gasteiger charge is 2.37. The van der Waals surface area contributed by atoms with Gasteiger partial charge in [-0.05, 0) is 57.4 Å². The minimum absolute atomic E-state index is 0.210. The molecule has 1 aliphatic carbocycles. The van der Waals surface area contributed by atoms with E-state index in [1.165, 1.54) is 6.42 Å². The molecule has 0 aromatic carbocycles. The maximum absolute atomic E-state index is 12.3. The average molecular weight is 238 g/mol. The van der Waals surface area contributed by atoms with Crippen molar-refractivity contribution in [1.82, 2.24) is 10.6 Å². The van der Waals surface area contributed by atoms with Crippen molar-refractivity contribution in [1.29, 1.82) is 0 Å². The van der Waals surface area contributed by atoms with Gasteiger partial charge < -0.3 is 10.6 Å². The lowest BCUT2D eigenvalue weighted by atomic mass is 9.80. The zero-order valence-electron chi connectivity index (χ0n) is 11.4. The number of carbonyl (C=O) groups is 1. The summed E-state index contributed by atoms with van der Waals surface area (Å²) in [6, 6.07) is 0.389.